The van der Waals surface area contributed by atoms with Crippen LogP contribution in [0.1, 0.15) is 38.7 Å². The largest absolute Gasteiger partial charge is 0.371 e. The average Bonchev–Trinajstić information content (AvgIpc) is 2.41. The van der Waals surface area contributed by atoms with E-state index in [-0.39, 0.29) is 0 Å². The lowest BCUT2D eigenvalue weighted by atomic mass is 9.98. The van der Waals surface area contributed by atoms with Crippen LogP contribution in [0.3, 0.4) is 0 Å². The van der Waals surface area contributed by atoms with Crippen molar-refractivity contribution >= 4 is 21.6 Å². The van der Waals surface area contributed by atoms with E-state index in [1.807, 2.05) is 0 Å². The fraction of sp³-hybridized carbons (Fsp3) is 0.625. The topological polar surface area (TPSA) is 15.3 Å². The smallest absolute Gasteiger partial charge is 0.0412 e. The number of nitrogens with zero attached hydrogens (tertiary/aromatic N) is 1. The SMILES string of the molecule is CCCNCc1cc(Br)ccc1N1CCC(C)CC1. The maximum absolute atomic E-state index is 3.59. The highest BCUT2D eigenvalue weighted by Gasteiger charge is 2.18. The Bertz CT molecular complexity index is 398. The first-order valence-corrected chi connectivity index (χ1v) is 8.24. The van der Waals surface area contributed by atoms with Gasteiger partial charge in [0.25, 0.3) is 0 Å². The Kier molecular flexibility index (Phi) is 5.71. The van der Waals surface area contributed by atoms with Gasteiger partial charge in [-0.05, 0) is 55.5 Å². The highest BCUT2D eigenvalue weighted by molar-refractivity contribution is 9.10. The molecule has 0 unspecified atom stereocenters. The van der Waals surface area contributed by atoms with Gasteiger partial charge < -0.3 is 10.2 Å². The molecule has 106 valence electrons. The molecule has 1 aromatic carbocycles. The number of piperidine rings is 1. The maximum Gasteiger partial charge on any atom is 0.0412 e. The second-order valence-electron chi connectivity index (χ2n) is 5.62. The zero-order valence-corrected chi connectivity index (χ0v) is 13.7. The van der Waals surface area contributed by atoms with Crippen LogP contribution < -0.4 is 10.2 Å². The number of benzene rings is 1. The number of anilines is 1. The van der Waals surface area contributed by atoms with Crippen molar-refractivity contribution in [2.24, 2.45) is 5.92 Å². The molecule has 2 nitrogen and oxygen atoms in total. The second kappa shape index (κ2) is 7.30. The highest BCUT2D eigenvalue weighted by atomic mass is 79.9. The van der Waals surface area contributed by atoms with E-state index in [9.17, 15) is 0 Å². The van der Waals surface area contributed by atoms with Gasteiger partial charge in [0.05, 0.1) is 0 Å². The number of hydrogen-bond donors (Lipinski definition) is 1. The molecule has 0 aromatic heterocycles. The van der Waals surface area contributed by atoms with E-state index < -0.39 is 0 Å². The van der Waals surface area contributed by atoms with Crippen LogP contribution in [-0.4, -0.2) is 19.6 Å². The predicted molar refractivity (Wildman–Crippen MR) is 86.8 cm³/mol. The minimum Gasteiger partial charge on any atom is -0.371 e. The summed E-state index contributed by atoms with van der Waals surface area (Å²) in [6.45, 7) is 9.02. The fourth-order valence-corrected chi connectivity index (χ4v) is 3.06. The van der Waals surface area contributed by atoms with Gasteiger partial charge >= 0.3 is 0 Å². The Labute approximate surface area is 125 Å². The second-order valence-corrected chi connectivity index (χ2v) is 6.54. The van der Waals surface area contributed by atoms with Gasteiger partial charge in [-0.15, -0.1) is 0 Å². The molecule has 0 amide bonds. The first-order chi connectivity index (χ1) is 9.20. The molecular weight excluding hydrogens is 300 g/mol. The molecule has 1 saturated heterocycles. The minimum absolute atomic E-state index is 0.883. The van der Waals surface area contributed by atoms with Crippen LogP contribution in [0.4, 0.5) is 5.69 Å². The lowest BCUT2D eigenvalue weighted by molar-refractivity contribution is 0.437. The molecule has 0 aliphatic carbocycles. The molecule has 0 spiro atoms. The zero-order chi connectivity index (χ0) is 13.7. The Morgan fingerprint density at radius 2 is 2.05 bits per heavy atom. The molecule has 19 heavy (non-hydrogen) atoms. The normalized spacial score (nSPS) is 16.9. The summed E-state index contributed by atoms with van der Waals surface area (Å²) in [6, 6.07) is 6.69. The van der Waals surface area contributed by atoms with E-state index in [4.69, 9.17) is 0 Å². The third-order valence-corrected chi connectivity index (χ3v) is 4.40. The molecule has 0 saturated carbocycles. The van der Waals surface area contributed by atoms with Crippen LogP contribution in [0.15, 0.2) is 22.7 Å². The van der Waals surface area contributed by atoms with Crippen molar-refractivity contribution in [2.45, 2.75) is 39.7 Å². The summed E-state index contributed by atoms with van der Waals surface area (Å²) >= 11 is 3.59. The number of halogens is 1. The summed E-state index contributed by atoms with van der Waals surface area (Å²) in [5, 5.41) is 3.52. The van der Waals surface area contributed by atoms with Crippen LogP contribution in [0.2, 0.25) is 0 Å². The molecule has 2 rings (SSSR count). The van der Waals surface area contributed by atoms with E-state index in [0.29, 0.717) is 0 Å². The van der Waals surface area contributed by atoms with Crippen LogP contribution >= 0.6 is 15.9 Å². The summed E-state index contributed by atoms with van der Waals surface area (Å²) in [7, 11) is 0. The Morgan fingerprint density at radius 3 is 2.74 bits per heavy atom. The molecule has 1 aliphatic rings. The number of rotatable bonds is 5. The summed E-state index contributed by atoms with van der Waals surface area (Å²) in [4.78, 5) is 2.55. The number of hydrogen-bond acceptors (Lipinski definition) is 2. The van der Waals surface area contributed by atoms with E-state index in [1.54, 1.807) is 0 Å². The molecule has 3 heteroatoms. The standard InChI is InChI=1S/C16H25BrN2/c1-3-8-18-12-14-11-15(17)4-5-16(14)19-9-6-13(2)7-10-19/h4-5,11,13,18H,3,6-10,12H2,1-2H3. The lowest BCUT2D eigenvalue weighted by Crippen LogP contribution is -2.33. The first kappa shape index (κ1) is 14.9. The number of nitrogens with one attached hydrogen (secondary N) is 1. The molecule has 1 aliphatic heterocycles. The fourth-order valence-electron chi connectivity index (χ4n) is 2.65. The van der Waals surface area contributed by atoms with Gasteiger partial charge in [-0.2, -0.15) is 0 Å². The van der Waals surface area contributed by atoms with Crippen molar-refractivity contribution in [3.05, 3.63) is 28.2 Å². The molecule has 1 heterocycles. The molecule has 1 aromatic rings. The van der Waals surface area contributed by atoms with Crippen molar-refractivity contribution in [2.75, 3.05) is 24.5 Å². The molecule has 1 fully saturated rings. The Balaban J connectivity index is 2.09. The van der Waals surface area contributed by atoms with Crippen molar-refractivity contribution < 1.29 is 0 Å². The minimum atomic E-state index is 0.883. The first-order valence-electron chi connectivity index (χ1n) is 7.44. The van der Waals surface area contributed by atoms with Crippen LogP contribution in [0.25, 0.3) is 0 Å². The van der Waals surface area contributed by atoms with Gasteiger partial charge in [0.1, 0.15) is 0 Å². The van der Waals surface area contributed by atoms with Crippen LogP contribution in [0.5, 0.6) is 0 Å². The molecule has 0 bridgehead atoms. The van der Waals surface area contributed by atoms with E-state index in [0.717, 1.165) is 19.0 Å². The monoisotopic (exact) mass is 324 g/mol. The van der Waals surface area contributed by atoms with Crippen LogP contribution in [-0.2, 0) is 6.54 Å². The quantitative estimate of drug-likeness (QED) is 0.817. The van der Waals surface area contributed by atoms with Gasteiger partial charge in [-0.1, -0.05) is 29.8 Å². The van der Waals surface area contributed by atoms with Gasteiger partial charge in [-0.3, -0.25) is 0 Å². The van der Waals surface area contributed by atoms with E-state index >= 15 is 0 Å². The van der Waals surface area contributed by atoms with E-state index in [2.05, 4.69) is 58.2 Å². The summed E-state index contributed by atoms with van der Waals surface area (Å²) in [6.07, 6.45) is 3.82. The molecular formula is C16H25BrN2. The Morgan fingerprint density at radius 1 is 1.32 bits per heavy atom. The van der Waals surface area contributed by atoms with Crippen LogP contribution in [0, 0.1) is 5.92 Å². The van der Waals surface area contributed by atoms with Gasteiger partial charge in [-0.25, -0.2) is 0 Å². The molecule has 0 radical (unpaired) electrons. The zero-order valence-electron chi connectivity index (χ0n) is 12.1. The highest BCUT2D eigenvalue weighted by Crippen LogP contribution is 2.28. The van der Waals surface area contributed by atoms with Gasteiger partial charge in [0.2, 0.25) is 0 Å². The molecule has 1 N–H and O–H groups in total. The summed E-state index contributed by atoms with van der Waals surface area (Å²) in [5.41, 5.74) is 2.83. The van der Waals surface area contributed by atoms with Crippen molar-refractivity contribution in [1.82, 2.24) is 5.32 Å². The molecule has 0 atom stereocenters. The van der Waals surface area contributed by atoms with Gasteiger partial charge in [0, 0.05) is 29.8 Å². The summed E-state index contributed by atoms with van der Waals surface area (Å²) in [5.74, 6) is 0.883. The third-order valence-electron chi connectivity index (χ3n) is 3.91. The lowest BCUT2D eigenvalue weighted by Gasteiger charge is -2.33. The maximum atomic E-state index is 3.59. The van der Waals surface area contributed by atoms with Crippen molar-refractivity contribution in [3.63, 3.8) is 0 Å². The average molecular weight is 325 g/mol. The van der Waals surface area contributed by atoms with Gasteiger partial charge in [0.15, 0.2) is 0 Å². The van der Waals surface area contributed by atoms with E-state index in [1.165, 1.54) is 48.1 Å². The third kappa shape index (κ3) is 4.22. The Hall–Kier alpha value is -0.540. The summed E-state index contributed by atoms with van der Waals surface area (Å²) < 4.78 is 1.18. The predicted octanol–water partition coefficient (Wildman–Crippen LogP) is 4.19. The van der Waals surface area contributed by atoms with Crippen molar-refractivity contribution in [3.8, 4) is 0 Å². The van der Waals surface area contributed by atoms with Crippen molar-refractivity contribution in [1.29, 1.82) is 0 Å².